The monoisotopic (exact) mass is 228 g/mol. The van der Waals surface area contributed by atoms with E-state index in [1.807, 2.05) is 0 Å². The Balaban J connectivity index is 2.65. The maximum absolute atomic E-state index is 11.3. The lowest BCUT2D eigenvalue weighted by atomic mass is 10.4. The third-order valence-electron chi connectivity index (χ3n) is 1.80. The summed E-state index contributed by atoms with van der Waals surface area (Å²) in [6.07, 6.45) is 3.60. The highest BCUT2D eigenvalue weighted by Gasteiger charge is 2.10. The van der Waals surface area contributed by atoms with Gasteiger partial charge in [-0.05, 0) is 0 Å². The number of sulfone groups is 1. The summed E-state index contributed by atoms with van der Waals surface area (Å²) in [5, 5.41) is 4.08. The second-order valence-electron chi connectivity index (χ2n) is 3.17. The quantitative estimate of drug-likeness (QED) is 0.719. The number of nitrogens with zero attached hydrogens (tertiary/aromatic N) is 3. The fourth-order valence-electron chi connectivity index (χ4n) is 1.22. The van der Waals surface area contributed by atoms with E-state index in [-0.39, 0.29) is 22.5 Å². The molecule has 2 aromatic rings. The minimum absolute atomic E-state index is 0.268. The van der Waals surface area contributed by atoms with Gasteiger partial charge in [0.15, 0.2) is 15.5 Å². The third kappa shape index (κ3) is 1.89. The molecule has 0 atom stereocenters. The van der Waals surface area contributed by atoms with Crippen LogP contribution in [0.1, 0.15) is 0 Å². The minimum atomic E-state index is -3.20. The summed E-state index contributed by atoms with van der Waals surface area (Å²) in [5.74, 6) is -0.285. The minimum Gasteiger partial charge on any atom is -0.312 e. The summed E-state index contributed by atoms with van der Waals surface area (Å²) in [6.45, 7) is 0. The Morgan fingerprint density at radius 3 is 2.93 bits per heavy atom. The van der Waals surface area contributed by atoms with Gasteiger partial charge in [-0.3, -0.25) is 4.79 Å². The van der Waals surface area contributed by atoms with Gasteiger partial charge >= 0.3 is 0 Å². The molecule has 0 radical (unpaired) electrons. The Morgan fingerprint density at radius 2 is 2.27 bits per heavy atom. The van der Waals surface area contributed by atoms with Crippen LogP contribution in [-0.4, -0.2) is 34.4 Å². The number of hydrogen-bond donors (Lipinski definition) is 1. The lowest BCUT2D eigenvalue weighted by Gasteiger charge is -1.99. The predicted molar refractivity (Wildman–Crippen MR) is 53.0 cm³/mol. The van der Waals surface area contributed by atoms with Gasteiger partial charge in [-0.1, -0.05) is 0 Å². The molecule has 0 aromatic carbocycles. The van der Waals surface area contributed by atoms with Crippen LogP contribution in [0.5, 0.6) is 0 Å². The maximum Gasteiger partial charge on any atom is 0.261 e. The Morgan fingerprint density at radius 1 is 1.53 bits per heavy atom. The van der Waals surface area contributed by atoms with E-state index in [2.05, 4.69) is 15.1 Å². The molecule has 0 aliphatic carbocycles. The number of rotatable bonds is 2. The van der Waals surface area contributed by atoms with Gasteiger partial charge in [0.05, 0.1) is 12.5 Å². The Hall–Kier alpha value is -1.70. The highest BCUT2D eigenvalue weighted by Crippen LogP contribution is 2.05. The molecule has 2 rings (SSSR count). The summed E-state index contributed by atoms with van der Waals surface area (Å²) < 4.78 is 23.3. The van der Waals surface area contributed by atoms with Crippen LogP contribution in [0.3, 0.4) is 0 Å². The molecule has 2 heterocycles. The van der Waals surface area contributed by atoms with Crippen molar-refractivity contribution in [2.24, 2.45) is 0 Å². The number of fused-ring (bicyclic) bond motifs is 1. The standard InChI is InChI=1S/C7H8N4O3S/c1-15(13,14)4-11-6-5(2-10-11)7(12)9-3-8-6/h2-3H,4H2,1H3,(H,8,9,12). The van der Waals surface area contributed by atoms with Crippen molar-refractivity contribution in [1.29, 1.82) is 0 Å². The molecule has 8 heteroatoms. The van der Waals surface area contributed by atoms with Gasteiger partial charge in [-0.15, -0.1) is 0 Å². The van der Waals surface area contributed by atoms with Crippen LogP contribution in [0.15, 0.2) is 17.3 Å². The van der Waals surface area contributed by atoms with E-state index in [9.17, 15) is 13.2 Å². The third-order valence-corrected chi connectivity index (χ3v) is 2.51. The SMILES string of the molecule is CS(=O)(=O)Cn1ncc2c(=O)[nH]cnc21. The normalized spacial score (nSPS) is 12.1. The van der Waals surface area contributed by atoms with Crippen molar-refractivity contribution in [2.75, 3.05) is 6.26 Å². The lowest BCUT2D eigenvalue weighted by Crippen LogP contribution is -2.12. The zero-order chi connectivity index (χ0) is 11.1. The van der Waals surface area contributed by atoms with Crippen LogP contribution in [0.25, 0.3) is 11.0 Å². The molecule has 0 saturated heterocycles. The van der Waals surface area contributed by atoms with Crippen molar-refractivity contribution >= 4 is 20.9 Å². The van der Waals surface area contributed by atoms with Crippen molar-refractivity contribution in [1.82, 2.24) is 19.7 Å². The van der Waals surface area contributed by atoms with Crippen LogP contribution >= 0.6 is 0 Å². The highest BCUT2D eigenvalue weighted by molar-refractivity contribution is 7.89. The van der Waals surface area contributed by atoms with Gasteiger partial charge < -0.3 is 4.98 Å². The predicted octanol–water partition coefficient (Wildman–Crippen LogP) is -0.878. The fraction of sp³-hybridized carbons (Fsp3) is 0.286. The molecule has 7 nitrogen and oxygen atoms in total. The topological polar surface area (TPSA) is 97.7 Å². The molecule has 0 fully saturated rings. The van der Waals surface area contributed by atoms with Crippen LogP contribution in [0, 0.1) is 0 Å². The van der Waals surface area contributed by atoms with Gasteiger partial charge in [0.2, 0.25) is 0 Å². The van der Waals surface area contributed by atoms with Gasteiger partial charge in [-0.2, -0.15) is 5.10 Å². The highest BCUT2D eigenvalue weighted by atomic mass is 32.2. The first-order valence-electron chi connectivity index (χ1n) is 4.04. The van der Waals surface area contributed by atoms with Crippen LogP contribution < -0.4 is 5.56 Å². The molecule has 0 saturated carbocycles. The van der Waals surface area contributed by atoms with Gasteiger partial charge in [0.1, 0.15) is 11.3 Å². The zero-order valence-corrected chi connectivity index (χ0v) is 8.65. The molecule has 15 heavy (non-hydrogen) atoms. The zero-order valence-electron chi connectivity index (χ0n) is 7.84. The maximum atomic E-state index is 11.3. The van der Waals surface area contributed by atoms with E-state index in [0.29, 0.717) is 0 Å². The van der Waals surface area contributed by atoms with Crippen molar-refractivity contribution < 1.29 is 8.42 Å². The summed E-state index contributed by atoms with van der Waals surface area (Å²) in [6, 6.07) is 0. The van der Waals surface area contributed by atoms with E-state index in [4.69, 9.17) is 0 Å². The first kappa shape index (κ1) is 9.84. The molecule has 0 aliphatic heterocycles. The molecule has 80 valence electrons. The second-order valence-corrected chi connectivity index (χ2v) is 5.28. The van der Waals surface area contributed by atoms with E-state index in [0.717, 1.165) is 6.26 Å². The summed E-state index contributed by atoms with van der Waals surface area (Å²) in [4.78, 5) is 17.5. The first-order chi connectivity index (χ1) is 6.97. The molecule has 1 N–H and O–H groups in total. The molecule has 0 aliphatic rings. The Labute approximate surface area is 84.7 Å². The molecular weight excluding hydrogens is 220 g/mol. The Bertz CT molecular complexity index is 654. The second kappa shape index (κ2) is 3.16. The summed E-state index contributed by atoms with van der Waals surface area (Å²) in [5.41, 5.74) is -0.0658. The number of hydrogen-bond acceptors (Lipinski definition) is 5. The van der Waals surface area contributed by atoms with Crippen molar-refractivity contribution in [3.63, 3.8) is 0 Å². The smallest absolute Gasteiger partial charge is 0.261 e. The largest absolute Gasteiger partial charge is 0.312 e. The van der Waals surface area contributed by atoms with Gasteiger partial charge in [0.25, 0.3) is 5.56 Å². The summed E-state index contributed by atoms with van der Waals surface area (Å²) >= 11 is 0. The number of H-pyrrole nitrogens is 1. The van der Waals surface area contributed by atoms with Crippen LogP contribution in [-0.2, 0) is 15.7 Å². The fourth-order valence-corrected chi connectivity index (χ4v) is 1.85. The number of aromatic nitrogens is 4. The average molecular weight is 228 g/mol. The molecule has 0 amide bonds. The van der Waals surface area contributed by atoms with E-state index in [1.54, 1.807) is 0 Å². The lowest BCUT2D eigenvalue weighted by molar-refractivity contribution is 0.584. The number of nitrogens with one attached hydrogen (secondary N) is 1. The van der Waals surface area contributed by atoms with Crippen LogP contribution in [0.4, 0.5) is 0 Å². The first-order valence-corrected chi connectivity index (χ1v) is 6.10. The van der Waals surface area contributed by atoms with Crippen LogP contribution in [0.2, 0.25) is 0 Å². The van der Waals surface area contributed by atoms with Crippen molar-refractivity contribution in [3.05, 3.63) is 22.9 Å². The van der Waals surface area contributed by atoms with Gasteiger partial charge in [-0.25, -0.2) is 18.1 Å². The van der Waals surface area contributed by atoms with Gasteiger partial charge in [0, 0.05) is 6.26 Å². The van der Waals surface area contributed by atoms with E-state index >= 15 is 0 Å². The van der Waals surface area contributed by atoms with E-state index in [1.165, 1.54) is 17.2 Å². The molecular formula is C7H8N4O3S. The number of aromatic amines is 1. The molecule has 0 bridgehead atoms. The molecule has 0 spiro atoms. The Kier molecular flexibility index (Phi) is 2.07. The van der Waals surface area contributed by atoms with E-state index < -0.39 is 9.84 Å². The summed E-state index contributed by atoms with van der Waals surface area (Å²) in [7, 11) is -3.20. The molecule has 2 aromatic heterocycles. The molecule has 0 unspecified atom stereocenters. The van der Waals surface area contributed by atoms with Crippen molar-refractivity contribution in [3.8, 4) is 0 Å². The average Bonchev–Trinajstić information content (AvgIpc) is 2.48. The van der Waals surface area contributed by atoms with Crippen molar-refractivity contribution in [2.45, 2.75) is 5.88 Å².